The first-order valence-corrected chi connectivity index (χ1v) is 11.1. The van der Waals surface area contributed by atoms with Crippen molar-refractivity contribution in [2.45, 2.75) is 24.2 Å². The summed E-state index contributed by atoms with van der Waals surface area (Å²) in [5, 5.41) is 18.5. The van der Waals surface area contributed by atoms with Crippen molar-refractivity contribution >= 4 is 40.7 Å². The van der Waals surface area contributed by atoms with E-state index in [-0.39, 0.29) is 30.6 Å². The molecule has 7 nitrogen and oxygen atoms in total. The molecule has 0 aromatic heterocycles. The first-order valence-electron chi connectivity index (χ1n) is 10.7. The molecule has 3 aliphatic rings. The molecule has 3 aliphatic heterocycles. The lowest BCUT2D eigenvalue weighted by Gasteiger charge is -2.32. The number of hydrogen-bond acceptors (Lipinski definition) is 6. The molecule has 0 unspecified atom stereocenters. The van der Waals surface area contributed by atoms with Crippen LogP contribution in [0.5, 0.6) is 5.75 Å². The third-order valence-corrected chi connectivity index (χ3v) is 6.67. The van der Waals surface area contributed by atoms with Crippen molar-refractivity contribution in [3.05, 3.63) is 59.2 Å². The molecule has 11 heteroatoms. The molecule has 1 amide bonds. The molecular formula is C24H18F3N3O4S. The quantitative estimate of drug-likeness (QED) is 0.643. The highest BCUT2D eigenvalue weighted by atomic mass is 32.1. The average Bonchev–Trinajstić information content (AvgIpc) is 3.41. The van der Waals surface area contributed by atoms with Crippen LogP contribution in [0.15, 0.2) is 42.5 Å². The Hall–Kier alpha value is -3.46. The molecule has 0 aliphatic carbocycles. The van der Waals surface area contributed by atoms with Gasteiger partial charge in [0.1, 0.15) is 11.9 Å². The van der Waals surface area contributed by atoms with Crippen LogP contribution < -0.4 is 14.5 Å². The number of hydrogen-bond donors (Lipinski definition) is 1. The van der Waals surface area contributed by atoms with Gasteiger partial charge in [0.15, 0.2) is 10.7 Å². The molecule has 5 rings (SSSR count). The van der Waals surface area contributed by atoms with Crippen molar-refractivity contribution in [1.82, 2.24) is 0 Å². The lowest BCUT2D eigenvalue weighted by molar-refractivity contribution is -0.137. The Balaban J connectivity index is 1.59. The number of amides is 1. The van der Waals surface area contributed by atoms with Crippen molar-refractivity contribution in [3.8, 4) is 11.8 Å². The maximum atomic E-state index is 13.7. The van der Waals surface area contributed by atoms with Gasteiger partial charge in [-0.15, -0.1) is 0 Å². The SMILES string of the molecule is N#Cc1ccc(N2C(=O)[C@]3(CCOC3)N(c3ccc4c(c3)C=C[C@H](CO)O4)C2=S)cc1C(F)(F)F. The van der Waals surface area contributed by atoms with E-state index in [2.05, 4.69) is 0 Å². The number of nitriles is 1. The molecule has 0 saturated carbocycles. The Kier molecular flexibility index (Phi) is 5.55. The number of alkyl halides is 3. The lowest BCUT2D eigenvalue weighted by Crippen LogP contribution is -2.50. The van der Waals surface area contributed by atoms with Crippen LogP contribution in [0.4, 0.5) is 24.5 Å². The second-order valence-corrected chi connectivity index (χ2v) is 8.72. The Morgan fingerprint density at radius 1 is 1.23 bits per heavy atom. The summed E-state index contributed by atoms with van der Waals surface area (Å²) < 4.78 is 52.0. The van der Waals surface area contributed by atoms with Crippen LogP contribution >= 0.6 is 12.2 Å². The van der Waals surface area contributed by atoms with E-state index in [1.54, 1.807) is 41.3 Å². The zero-order chi connectivity index (χ0) is 25.0. The first-order chi connectivity index (χ1) is 16.7. The van der Waals surface area contributed by atoms with Gasteiger partial charge in [-0.2, -0.15) is 18.4 Å². The van der Waals surface area contributed by atoms with Crippen LogP contribution in [0, 0.1) is 11.3 Å². The van der Waals surface area contributed by atoms with Gasteiger partial charge in [0.05, 0.1) is 36.1 Å². The molecule has 2 fully saturated rings. The summed E-state index contributed by atoms with van der Waals surface area (Å²) in [5.41, 5.74) is -1.73. The number of aliphatic hydroxyl groups excluding tert-OH is 1. The molecular weight excluding hydrogens is 483 g/mol. The predicted octanol–water partition coefficient (Wildman–Crippen LogP) is 3.64. The van der Waals surface area contributed by atoms with E-state index >= 15 is 0 Å². The van der Waals surface area contributed by atoms with Crippen molar-refractivity contribution in [2.24, 2.45) is 0 Å². The van der Waals surface area contributed by atoms with E-state index in [1.165, 1.54) is 6.07 Å². The summed E-state index contributed by atoms with van der Waals surface area (Å²) in [4.78, 5) is 16.4. The molecule has 2 saturated heterocycles. The van der Waals surface area contributed by atoms with Crippen LogP contribution in [-0.4, -0.2) is 47.6 Å². The number of thiocarbonyl (C=S) groups is 1. The van der Waals surface area contributed by atoms with Crippen LogP contribution in [0.3, 0.4) is 0 Å². The van der Waals surface area contributed by atoms with Gasteiger partial charge in [0, 0.05) is 24.3 Å². The Bertz CT molecular complexity index is 1300. The van der Waals surface area contributed by atoms with E-state index in [9.17, 15) is 23.1 Å². The van der Waals surface area contributed by atoms with Gasteiger partial charge >= 0.3 is 6.18 Å². The Morgan fingerprint density at radius 3 is 2.66 bits per heavy atom. The predicted molar refractivity (Wildman–Crippen MR) is 124 cm³/mol. The van der Waals surface area contributed by atoms with Crippen LogP contribution in [-0.2, 0) is 15.7 Å². The topological polar surface area (TPSA) is 86.0 Å². The van der Waals surface area contributed by atoms with Gasteiger partial charge in [-0.3, -0.25) is 9.69 Å². The molecule has 2 atom stereocenters. The normalized spacial score (nSPS) is 23.6. The molecule has 1 N–H and O–H groups in total. The second-order valence-electron chi connectivity index (χ2n) is 8.35. The van der Waals surface area contributed by atoms with Gasteiger partial charge in [-0.1, -0.05) is 6.08 Å². The number of aliphatic hydroxyl groups is 1. The number of carbonyl (C=O) groups is 1. The fourth-order valence-electron chi connectivity index (χ4n) is 4.59. The third-order valence-electron chi connectivity index (χ3n) is 6.30. The minimum atomic E-state index is -4.78. The lowest BCUT2D eigenvalue weighted by atomic mass is 9.95. The van der Waals surface area contributed by atoms with Crippen molar-refractivity contribution in [3.63, 3.8) is 0 Å². The van der Waals surface area contributed by atoms with Gasteiger partial charge in [0.2, 0.25) is 0 Å². The number of halogens is 3. The number of fused-ring (bicyclic) bond motifs is 1. The Labute approximate surface area is 203 Å². The molecule has 180 valence electrons. The molecule has 0 radical (unpaired) electrons. The van der Waals surface area contributed by atoms with E-state index in [0.717, 1.165) is 17.0 Å². The van der Waals surface area contributed by atoms with Gasteiger partial charge in [-0.25, -0.2) is 0 Å². The van der Waals surface area contributed by atoms with Crippen molar-refractivity contribution < 1.29 is 32.5 Å². The second kappa shape index (κ2) is 8.34. The first kappa shape index (κ1) is 23.3. The maximum Gasteiger partial charge on any atom is 0.417 e. The Morgan fingerprint density at radius 2 is 2.00 bits per heavy atom. The molecule has 3 heterocycles. The van der Waals surface area contributed by atoms with E-state index in [4.69, 9.17) is 27.0 Å². The number of ether oxygens (including phenoxy) is 2. The summed E-state index contributed by atoms with van der Waals surface area (Å²) in [5.74, 6) is 0.0462. The van der Waals surface area contributed by atoms with E-state index in [0.29, 0.717) is 23.4 Å². The van der Waals surface area contributed by atoms with Gasteiger partial charge in [0.25, 0.3) is 5.91 Å². The number of anilines is 2. The fourth-order valence-corrected chi connectivity index (χ4v) is 5.05. The third kappa shape index (κ3) is 3.65. The standard InChI is InChI=1S/C24H18F3N3O4S/c25-24(26,27)19-10-16(3-1-15(19)11-28)29-21(32)23(7-8-33-13-23)30(22(29)35)17-4-6-20-14(9-17)2-5-18(12-31)34-20/h1-6,9-10,18,31H,7-8,12-13H2/t18-,23-/m1/s1. The maximum absolute atomic E-state index is 13.7. The number of carbonyl (C=O) groups excluding carboxylic acids is 1. The van der Waals surface area contributed by atoms with Crippen LogP contribution in [0.1, 0.15) is 23.1 Å². The summed E-state index contributed by atoms with van der Waals surface area (Å²) in [6.07, 6.45) is -1.46. The highest BCUT2D eigenvalue weighted by molar-refractivity contribution is 7.81. The van der Waals surface area contributed by atoms with Crippen molar-refractivity contribution in [2.75, 3.05) is 29.6 Å². The molecule has 1 spiro atoms. The zero-order valence-corrected chi connectivity index (χ0v) is 18.9. The van der Waals surface area contributed by atoms with Crippen LogP contribution in [0.2, 0.25) is 0 Å². The largest absolute Gasteiger partial charge is 0.483 e. The van der Waals surface area contributed by atoms with Gasteiger partial charge < -0.3 is 19.5 Å². The highest BCUT2D eigenvalue weighted by Gasteiger charge is 2.58. The monoisotopic (exact) mass is 501 g/mol. The molecule has 35 heavy (non-hydrogen) atoms. The minimum absolute atomic E-state index is 0.00669. The van der Waals surface area contributed by atoms with E-state index in [1.807, 2.05) is 0 Å². The fraction of sp³-hybridized carbons (Fsp3) is 0.292. The number of benzene rings is 2. The van der Waals surface area contributed by atoms with Crippen LogP contribution in [0.25, 0.3) is 6.08 Å². The molecule has 0 bridgehead atoms. The minimum Gasteiger partial charge on any atom is -0.483 e. The summed E-state index contributed by atoms with van der Waals surface area (Å²) >= 11 is 5.65. The summed E-state index contributed by atoms with van der Waals surface area (Å²) in [6, 6.07) is 9.79. The zero-order valence-electron chi connectivity index (χ0n) is 18.1. The number of nitrogens with zero attached hydrogens (tertiary/aromatic N) is 3. The molecule has 2 aromatic rings. The summed E-state index contributed by atoms with van der Waals surface area (Å²) in [7, 11) is 0. The average molecular weight is 501 g/mol. The molecule has 2 aromatic carbocycles. The highest BCUT2D eigenvalue weighted by Crippen LogP contribution is 2.44. The van der Waals surface area contributed by atoms with Crippen molar-refractivity contribution in [1.29, 1.82) is 5.26 Å². The smallest absolute Gasteiger partial charge is 0.417 e. The number of rotatable bonds is 3. The summed E-state index contributed by atoms with van der Waals surface area (Å²) in [6.45, 7) is 0.120. The van der Waals surface area contributed by atoms with E-state index < -0.39 is 34.9 Å². The van der Waals surface area contributed by atoms with Gasteiger partial charge in [-0.05, 0) is 54.7 Å².